The van der Waals surface area contributed by atoms with E-state index in [-0.39, 0.29) is 18.4 Å². The maximum atomic E-state index is 14.0. The summed E-state index contributed by atoms with van der Waals surface area (Å²) in [6, 6.07) is 0.0974. The highest BCUT2D eigenvalue weighted by Gasteiger charge is 2.33. The first-order valence-corrected chi connectivity index (χ1v) is 5.61. The number of aryl methyl sites for hydroxylation is 1. The summed E-state index contributed by atoms with van der Waals surface area (Å²) in [4.78, 5) is 20.0. The normalized spacial score (nSPS) is 14.7. The predicted molar refractivity (Wildman–Crippen MR) is 59.4 cm³/mol. The van der Waals surface area contributed by atoms with E-state index < -0.39 is 11.8 Å². The number of hydrogen-bond acceptors (Lipinski definition) is 4. The Labute approximate surface area is 98.3 Å². The topological polar surface area (TPSA) is 66.3 Å². The van der Waals surface area contributed by atoms with E-state index in [9.17, 15) is 9.18 Å². The summed E-state index contributed by atoms with van der Waals surface area (Å²) in [5.41, 5.74) is 0.325. The van der Waals surface area contributed by atoms with Gasteiger partial charge in [0.1, 0.15) is 12.9 Å². The van der Waals surface area contributed by atoms with Crippen LogP contribution >= 0.6 is 0 Å². The van der Waals surface area contributed by atoms with Gasteiger partial charge in [0.2, 0.25) is 0 Å². The quantitative estimate of drug-likeness (QED) is 0.837. The van der Waals surface area contributed by atoms with Gasteiger partial charge in [0.05, 0.1) is 5.69 Å². The van der Waals surface area contributed by atoms with Crippen molar-refractivity contribution in [3.05, 3.63) is 17.8 Å². The van der Waals surface area contributed by atoms with E-state index in [1.807, 2.05) is 0 Å². The maximum Gasteiger partial charge on any atom is 0.323 e. The van der Waals surface area contributed by atoms with Crippen LogP contribution in [0.3, 0.4) is 0 Å². The van der Waals surface area contributed by atoms with Crippen LogP contribution in [-0.4, -0.2) is 33.6 Å². The van der Waals surface area contributed by atoms with Crippen molar-refractivity contribution in [2.75, 3.05) is 11.4 Å². The van der Waals surface area contributed by atoms with Gasteiger partial charge in [-0.1, -0.05) is 6.92 Å². The van der Waals surface area contributed by atoms with Crippen LogP contribution in [0.15, 0.2) is 6.33 Å². The van der Waals surface area contributed by atoms with Gasteiger partial charge < -0.3 is 10.0 Å². The Hall–Kier alpha value is -1.72. The smallest absolute Gasteiger partial charge is 0.323 e. The molecule has 0 radical (unpaired) electrons. The molecule has 1 aliphatic rings. The molecule has 1 aromatic heterocycles. The summed E-state index contributed by atoms with van der Waals surface area (Å²) in [5.74, 6) is -1.36. The summed E-state index contributed by atoms with van der Waals surface area (Å²) in [5, 5.41) is 8.83. The third-order valence-electron chi connectivity index (χ3n) is 2.74. The van der Waals surface area contributed by atoms with Crippen molar-refractivity contribution in [2.24, 2.45) is 0 Å². The third-order valence-corrected chi connectivity index (χ3v) is 2.74. The molecule has 1 fully saturated rings. The lowest BCUT2D eigenvalue weighted by Crippen LogP contribution is -2.33. The molecule has 1 N–H and O–H groups in total. The standard InChI is InChI=1S/C11H14FN3O2/c1-2-8-10(12)11(14-6-13-8)15(5-9(16)17)7-3-4-7/h6-7H,2-5H2,1H3,(H,16,17). The van der Waals surface area contributed by atoms with E-state index in [0.29, 0.717) is 12.1 Å². The van der Waals surface area contributed by atoms with Crippen LogP contribution in [0, 0.1) is 5.82 Å². The number of aromatic nitrogens is 2. The molecule has 1 aromatic rings. The van der Waals surface area contributed by atoms with Gasteiger partial charge in [0.15, 0.2) is 11.6 Å². The maximum absolute atomic E-state index is 14.0. The molecule has 17 heavy (non-hydrogen) atoms. The van der Waals surface area contributed by atoms with Crippen LogP contribution in [0.1, 0.15) is 25.5 Å². The minimum atomic E-state index is -0.979. The highest BCUT2D eigenvalue weighted by Crippen LogP contribution is 2.32. The van der Waals surface area contributed by atoms with Crippen molar-refractivity contribution in [3.8, 4) is 0 Å². The zero-order valence-corrected chi connectivity index (χ0v) is 9.56. The molecule has 2 rings (SSSR count). The van der Waals surface area contributed by atoms with Gasteiger partial charge in [-0.3, -0.25) is 4.79 Å². The van der Waals surface area contributed by atoms with E-state index in [4.69, 9.17) is 5.11 Å². The molecule has 1 aliphatic carbocycles. The van der Waals surface area contributed by atoms with E-state index in [0.717, 1.165) is 12.8 Å². The average molecular weight is 239 g/mol. The summed E-state index contributed by atoms with van der Waals surface area (Å²) >= 11 is 0. The van der Waals surface area contributed by atoms with Gasteiger partial charge in [-0.25, -0.2) is 14.4 Å². The fourth-order valence-corrected chi connectivity index (χ4v) is 1.75. The number of hydrogen-bond donors (Lipinski definition) is 1. The first kappa shape index (κ1) is 11.8. The van der Waals surface area contributed by atoms with E-state index >= 15 is 0 Å². The molecular weight excluding hydrogens is 225 g/mol. The van der Waals surface area contributed by atoms with Crippen LogP contribution in [0.5, 0.6) is 0 Å². The Bertz CT molecular complexity index is 435. The second-order valence-corrected chi connectivity index (χ2v) is 4.06. The zero-order valence-electron chi connectivity index (χ0n) is 9.56. The SMILES string of the molecule is CCc1ncnc(N(CC(=O)O)C2CC2)c1F. The van der Waals surface area contributed by atoms with Gasteiger partial charge in [-0.15, -0.1) is 0 Å². The number of carbonyl (C=O) groups is 1. The molecule has 0 spiro atoms. The van der Waals surface area contributed by atoms with Crippen molar-refractivity contribution in [1.82, 2.24) is 9.97 Å². The number of nitrogens with zero attached hydrogens (tertiary/aromatic N) is 3. The molecule has 1 saturated carbocycles. The molecule has 0 aromatic carbocycles. The fourth-order valence-electron chi connectivity index (χ4n) is 1.75. The van der Waals surface area contributed by atoms with Gasteiger partial charge in [0, 0.05) is 6.04 Å². The minimum absolute atomic E-state index is 0.0974. The van der Waals surface area contributed by atoms with Crippen LogP contribution in [0.2, 0.25) is 0 Å². The van der Waals surface area contributed by atoms with E-state index in [1.54, 1.807) is 6.92 Å². The number of anilines is 1. The lowest BCUT2D eigenvalue weighted by atomic mass is 10.3. The third kappa shape index (κ3) is 2.51. The summed E-state index contributed by atoms with van der Waals surface area (Å²) < 4.78 is 14.0. The van der Waals surface area contributed by atoms with E-state index in [2.05, 4.69) is 9.97 Å². The summed E-state index contributed by atoms with van der Waals surface area (Å²) in [6.07, 6.45) is 3.53. The lowest BCUT2D eigenvalue weighted by Gasteiger charge is -2.22. The Morgan fingerprint density at radius 2 is 2.29 bits per heavy atom. The second-order valence-electron chi connectivity index (χ2n) is 4.06. The van der Waals surface area contributed by atoms with E-state index in [1.165, 1.54) is 11.2 Å². The molecule has 0 amide bonds. The fraction of sp³-hybridized carbons (Fsp3) is 0.545. The van der Waals surface area contributed by atoms with Crippen molar-refractivity contribution >= 4 is 11.8 Å². The Balaban J connectivity index is 2.31. The monoisotopic (exact) mass is 239 g/mol. The summed E-state index contributed by atoms with van der Waals surface area (Å²) in [7, 11) is 0. The average Bonchev–Trinajstić information content (AvgIpc) is 3.10. The molecular formula is C11H14FN3O2. The number of carboxylic acid groups (broad SMARTS) is 1. The van der Waals surface area contributed by atoms with Gasteiger partial charge in [-0.05, 0) is 19.3 Å². The van der Waals surface area contributed by atoms with Crippen molar-refractivity contribution < 1.29 is 14.3 Å². The van der Waals surface area contributed by atoms with Gasteiger partial charge >= 0.3 is 5.97 Å². The van der Waals surface area contributed by atoms with Gasteiger partial charge in [0.25, 0.3) is 0 Å². The molecule has 92 valence electrons. The first-order chi connectivity index (χ1) is 8.13. The van der Waals surface area contributed by atoms with Crippen LogP contribution in [0.4, 0.5) is 10.2 Å². The van der Waals surface area contributed by atoms with Crippen molar-refractivity contribution in [1.29, 1.82) is 0 Å². The zero-order chi connectivity index (χ0) is 12.4. The Morgan fingerprint density at radius 1 is 1.59 bits per heavy atom. The molecule has 0 unspecified atom stereocenters. The molecule has 0 atom stereocenters. The van der Waals surface area contributed by atoms with Crippen molar-refractivity contribution in [3.63, 3.8) is 0 Å². The highest BCUT2D eigenvalue weighted by atomic mass is 19.1. The molecule has 5 nitrogen and oxygen atoms in total. The Kier molecular flexibility index (Phi) is 3.21. The molecule has 1 heterocycles. The van der Waals surface area contributed by atoms with Crippen LogP contribution < -0.4 is 4.90 Å². The van der Waals surface area contributed by atoms with Crippen molar-refractivity contribution in [2.45, 2.75) is 32.2 Å². The largest absolute Gasteiger partial charge is 0.480 e. The minimum Gasteiger partial charge on any atom is -0.480 e. The molecule has 6 heteroatoms. The number of carboxylic acids is 1. The molecule has 0 saturated heterocycles. The number of rotatable bonds is 5. The second kappa shape index (κ2) is 4.65. The summed E-state index contributed by atoms with van der Waals surface area (Å²) in [6.45, 7) is 1.58. The first-order valence-electron chi connectivity index (χ1n) is 5.61. The number of halogens is 1. The predicted octanol–water partition coefficient (Wildman–Crippen LogP) is 1.23. The highest BCUT2D eigenvalue weighted by molar-refractivity contribution is 5.73. The van der Waals surface area contributed by atoms with Crippen LogP contribution in [-0.2, 0) is 11.2 Å². The molecule has 0 aliphatic heterocycles. The Morgan fingerprint density at radius 3 is 2.82 bits per heavy atom. The lowest BCUT2D eigenvalue weighted by molar-refractivity contribution is -0.135. The number of aliphatic carboxylic acids is 1. The molecule has 0 bridgehead atoms. The van der Waals surface area contributed by atoms with Crippen LogP contribution in [0.25, 0.3) is 0 Å². The van der Waals surface area contributed by atoms with Gasteiger partial charge in [-0.2, -0.15) is 0 Å².